The normalized spacial score (nSPS) is 24.4. The molecule has 2 nitrogen and oxygen atoms in total. The van der Waals surface area contributed by atoms with Crippen molar-refractivity contribution in [1.29, 1.82) is 0 Å². The quantitative estimate of drug-likeness (QED) is 0.775. The Bertz CT molecular complexity index is 415. The minimum absolute atomic E-state index is 0.207. The lowest BCUT2D eigenvalue weighted by Gasteiger charge is -2.20. The van der Waals surface area contributed by atoms with Gasteiger partial charge < -0.3 is 0 Å². The third kappa shape index (κ3) is 3.33. The van der Waals surface area contributed by atoms with Crippen molar-refractivity contribution >= 4 is 17.4 Å². The number of halogens is 1. The van der Waals surface area contributed by atoms with Crippen molar-refractivity contribution in [2.45, 2.75) is 32.7 Å². The molecule has 1 aromatic carbocycles. The van der Waals surface area contributed by atoms with Crippen LogP contribution >= 0.6 is 11.6 Å². The summed E-state index contributed by atoms with van der Waals surface area (Å²) in [6, 6.07) is 7.77. The predicted molar refractivity (Wildman–Crippen MR) is 75.2 cm³/mol. The average molecular weight is 266 g/mol. The van der Waals surface area contributed by atoms with Gasteiger partial charge in [-0.25, -0.2) is 0 Å². The van der Waals surface area contributed by atoms with Crippen LogP contribution < -0.4 is 0 Å². The molecule has 1 aromatic rings. The Hall–Kier alpha value is -0.860. The fraction of sp³-hybridized carbons (Fsp3) is 0.533. The van der Waals surface area contributed by atoms with Crippen LogP contribution in [0, 0.1) is 5.92 Å². The lowest BCUT2D eigenvalue weighted by Crippen LogP contribution is -2.29. The third-order valence-corrected chi connectivity index (χ3v) is 3.96. The van der Waals surface area contributed by atoms with Crippen molar-refractivity contribution in [2.75, 3.05) is 13.1 Å². The average Bonchev–Trinajstić information content (AvgIpc) is 2.66. The number of carbonyl (C=O) groups is 1. The molecule has 18 heavy (non-hydrogen) atoms. The van der Waals surface area contributed by atoms with E-state index in [4.69, 9.17) is 11.6 Å². The van der Waals surface area contributed by atoms with E-state index in [0.717, 1.165) is 24.6 Å². The van der Waals surface area contributed by atoms with Crippen molar-refractivity contribution < 1.29 is 4.79 Å². The number of ketones is 1. The first kappa shape index (κ1) is 13.6. The fourth-order valence-corrected chi connectivity index (χ4v) is 2.85. The largest absolute Gasteiger partial charge is 0.300 e. The van der Waals surface area contributed by atoms with Crippen LogP contribution in [0.25, 0.3) is 0 Å². The van der Waals surface area contributed by atoms with Crippen molar-refractivity contribution in [3.05, 3.63) is 34.9 Å². The summed E-state index contributed by atoms with van der Waals surface area (Å²) in [5.74, 6) is 0.962. The number of nitrogens with zero attached hydrogens (tertiary/aromatic N) is 1. The van der Waals surface area contributed by atoms with Gasteiger partial charge in [-0.05, 0) is 43.5 Å². The van der Waals surface area contributed by atoms with Gasteiger partial charge in [-0.15, -0.1) is 0 Å². The van der Waals surface area contributed by atoms with E-state index in [0.29, 0.717) is 17.5 Å². The van der Waals surface area contributed by atoms with Crippen LogP contribution in [-0.4, -0.2) is 29.8 Å². The van der Waals surface area contributed by atoms with Crippen molar-refractivity contribution in [2.24, 2.45) is 5.92 Å². The standard InChI is InChI=1S/C15H20ClNO/c1-11-9-12(2)17(10-11)8-7-15(18)13-3-5-14(16)6-4-13/h3-6,11-12H,7-10H2,1-2H3. The van der Waals surface area contributed by atoms with E-state index < -0.39 is 0 Å². The summed E-state index contributed by atoms with van der Waals surface area (Å²) in [6.07, 6.45) is 1.84. The number of Topliss-reactive ketones (excluding diaryl/α,β-unsaturated/α-hetero) is 1. The Morgan fingerprint density at radius 3 is 2.56 bits per heavy atom. The zero-order chi connectivity index (χ0) is 13.1. The highest BCUT2D eigenvalue weighted by atomic mass is 35.5. The van der Waals surface area contributed by atoms with Gasteiger partial charge in [0.1, 0.15) is 0 Å². The first-order valence-electron chi connectivity index (χ1n) is 6.59. The lowest BCUT2D eigenvalue weighted by atomic mass is 10.1. The highest BCUT2D eigenvalue weighted by Crippen LogP contribution is 2.22. The number of likely N-dealkylation sites (tertiary alicyclic amines) is 1. The van der Waals surface area contributed by atoms with Crippen LogP contribution in [0.3, 0.4) is 0 Å². The second-order valence-corrected chi connectivity index (χ2v) is 5.80. The molecule has 1 fully saturated rings. The summed E-state index contributed by atoms with van der Waals surface area (Å²) in [7, 11) is 0. The summed E-state index contributed by atoms with van der Waals surface area (Å²) >= 11 is 5.81. The van der Waals surface area contributed by atoms with Gasteiger partial charge in [-0.2, -0.15) is 0 Å². The zero-order valence-electron chi connectivity index (χ0n) is 11.0. The molecule has 0 N–H and O–H groups in total. The predicted octanol–water partition coefficient (Wildman–Crippen LogP) is 3.64. The Balaban J connectivity index is 1.87. The van der Waals surface area contributed by atoms with Gasteiger partial charge in [0.05, 0.1) is 0 Å². The van der Waals surface area contributed by atoms with Crippen LogP contribution in [0.1, 0.15) is 37.0 Å². The SMILES string of the molecule is CC1CC(C)N(CCC(=O)c2ccc(Cl)cc2)C1. The third-order valence-electron chi connectivity index (χ3n) is 3.71. The molecule has 2 unspecified atom stereocenters. The number of hydrogen-bond acceptors (Lipinski definition) is 2. The van der Waals surface area contributed by atoms with Gasteiger partial charge >= 0.3 is 0 Å². The molecule has 0 aliphatic carbocycles. The smallest absolute Gasteiger partial charge is 0.164 e. The molecule has 0 saturated carbocycles. The zero-order valence-corrected chi connectivity index (χ0v) is 11.8. The van der Waals surface area contributed by atoms with Gasteiger partial charge in [0.2, 0.25) is 0 Å². The molecular weight excluding hydrogens is 246 g/mol. The molecule has 0 aromatic heterocycles. The van der Waals surface area contributed by atoms with Crippen molar-refractivity contribution in [3.63, 3.8) is 0 Å². The molecule has 98 valence electrons. The van der Waals surface area contributed by atoms with Crippen LogP contribution in [0.5, 0.6) is 0 Å². The number of carbonyl (C=O) groups excluding carboxylic acids is 1. The second kappa shape index (κ2) is 5.85. The topological polar surface area (TPSA) is 20.3 Å². The highest BCUT2D eigenvalue weighted by molar-refractivity contribution is 6.30. The van der Waals surface area contributed by atoms with Gasteiger partial charge in [0.25, 0.3) is 0 Å². The van der Waals surface area contributed by atoms with Gasteiger partial charge in [-0.3, -0.25) is 9.69 Å². The first-order chi connectivity index (χ1) is 8.56. The van der Waals surface area contributed by atoms with Crippen LogP contribution in [0.4, 0.5) is 0 Å². The number of rotatable bonds is 4. The highest BCUT2D eigenvalue weighted by Gasteiger charge is 2.25. The van der Waals surface area contributed by atoms with Gasteiger partial charge in [0.15, 0.2) is 5.78 Å². The molecule has 1 saturated heterocycles. The van der Waals surface area contributed by atoms with Gasteiger partial charge in [-0.1, -0.05) is 18.5 Å². The maximum absolute atomic E-state index is 12.0. The van der Waals surface area contributed by atoms with E-state index in [1.165, 1.54) is 6.42 Å². The Kier molecular flexibility index (Phi) is 4.41. The molecular formula is C15H20ClNO. The minimum atomic E-state index is 0.207. The molecule has 1 aliphatic rings. The van der Waals surface area contributed by atoms with E-state index in [2.05, 4.69) is 18.7 Å². The minimum Gasteiger partial charge on any atom is -0.300 e. The monoisotopic (exact) mass is 265 g/mol. The molecule has 3 heteroatoms. The Labute approximate surface area is 114 Å². The molecule has 0 amide bonds. The Morgan fingerprint density at radius 1 is 1.33 bits per heavy atom. The molecule has 0 bridgehead atoms. The molecule has 1 heterocycles. The van der Waals surface area contributed by atoms with Crippen LogP contribution in [0.2, 0.25) is 5.02 Å². The van der Waals surface area contributed by atoms with E-state index >= 15 is 0 Å². The van der Waals surface area contributed by atoms with E-state index in [1.54, 1.807) is 24.3 Å². The molecule has 2 atom stereocenters. The Morgan fingerprint density at radius 2 is 2.00 bits per heavy atom. The van der Waals surface area contributed by atoms with Gasteiger partial charge in [0, 0.05) is 36.1 Å². The number of benzene rings is 1. The van der Waals surface area contributed by atoms with Crippen LogP contribution in [-0.2, 0) is 0 Å². The number of hydrogen-bond donors (Lipinski definition) is 0. The summed E-state index contributed by atoms with van der Waals surface area (Å²) in [6.45, 7) is 6.51. The molecule has 1 aliphatic heterocycles. The fourth-order valence-electron chi connectivity index (χ4n) is 2.72. The van der Waals surface area contributed by atoms with Crippen molar-refractivity contribution in [3.8, 4) is 0 Å². The molecule has 0 spiro atoms. The summed E-state index contributed by atoms with van der Waals surface area (Å²) in [5.41, 5.74) is 0.763. The van der Waals surface area contributed by atoms with Crippen molar-refractivity contribution in [1.82, 2.24) is 4.90 Å². The first-order valence-corrected chi connectivity index (χ1v) is 6.97. The summed E-state index contributed by atoms with van der Waals surface area (Å²) < 4.78 is 0. The molecule has 0 radical (unpaired) electrons. The van der Waals surface area contributed by atoms with E-state index in [9.17, 15) is 4.79 Å². The second-order valence-electron chi connectivity index (χ2n) is 5.36. The van der Waals surface area contributed by atoms with E-state index in [1.807, 2.05) is 0 Å². The summed E-state index contributed by atoms with van der Waals surface area (Å²) in [4.78, 5) is 14.4. The lowest BCUT2D eigenvalue weighted by molar-refractivity contribution is 0.0962. The maximum atomic E-state index is 12.0. The van der Waals surface area contributed by atoms with E-state index in [-0.39, 0.29) is 5.78 Å². The summed E-state index contributed by atoms with van der Waals surface area (Å²) in [5, 5.41) is 0.675. The maximum Gasteiger partial charge on any atom is 0.164 e. The van der Waals surface area contributed by atoms with Crippen LogP contribution in [0.15, 0.2) is 24.3 Å². The molecule has 2 rings (SSSR count).